The molecule has 0 aromatic rings. The highest BCUT2D eigenvalue weighted by Gasteiger charge is 2.38. The van der Waals surface area contributed by atoms with Crippen LogP contribution in [0, 0.1) is 11.8 Å². The minimum Gasteiger partial charge on any atom is -0.466 e. The predicted molar refractivity (Wildman–Crippen MR) is 49.7 cm³/mol. The number of rotatable bonds is 4. The van der Waals surface area contributed by atoms with Crippen molar-refractivity contribution < 1.29 is 19.1 Å². The number of esters is 1. The summed E-state index contributed by atoms with van der Waals surface area (Å²) in [6.07, 6.45) is 0.448. The molecule has 0 aromatic heterocycles. The molecular formula is C10H16O4. The van der Waals surface area contributed by atoms with Crippen molar-refractivity contribution >= 4 is 11.8 Å². The van der Waals surface area contributed by atoms with Crippen LogP contribution in [0.15, 0.2) is 0 Å². The standard InChI is InChI=1S/C10H16O4/c1-3-9(11)7-5-13-6-8(7)10(12)14-4-2/h7-8H,3-6H2,1-2H3. The van der Waals surface area contributed by atoms with E-state index in [0.717, 1.165) is 0 Å². The molecular weight excluding hydrogens is 184 g/mol. The number of Topliss-reactive ketones (excluding diaryl/α,β-unsaturated/α-hetero) is 1. The quantitative estimate of drug-likeness (QED) is 0.629. The zero-order valence-corrected chi connectivity index (χ0v) is 8.62. The summed E-state index contributed by atoms with van der Waals surface area (Å²) in [4.78, 5) is 22.9. The van der Waals surface area contributed by atoms with Gasteiger partial charge in [-0.2, -0.15) is 0 Å². The molecule has 80 valence electrons. The van der Waals surface area contributed by atoms with Crippen LogP contribution in [0.1, 0.15) is 20.3 Å². The van der Waals surface area contributed by atoms with Crippen LogP contribution in [-0.2, 0) is 19.1 Å². The first-order valence-electron chi connectivity index (χ1n) is 4.97. The maximum atomic E-state index is 11.4. The van der Waals surface area contributed by atoms with Gasteiger partial charge in [0.15, 0.2) is 0 Å². The number of carbonyl (C=O) groups is 2. The van der Waals surface area contributed by atoms with Crippen LogP contribution in [0.4, 0.5) is 0 Å². The van der Waals surface area contributed by atoms with Gasteiger partial charge in [0.1, 0.15) is 5.78 Å². The van der Waals surface area contributed by atoms with E-state index in [0.29, 0.717) is 26.2 Å². The Labute approximate surface area is 83.6 Å². The summed E-state index contributed by atoms with van der Waals surface area (Å²) in [6.45, 7) is 4.57. The van der Waals surface area contributed by atoms with Crippen LogP contribution in [-0.4, -0.2) is 31.6 Å². The summed E-state index contributed by atoms with van der Waals surface area (Å²) in [5.74, 6) is -0.904. The molecule has 1 saturated heterocycles. The fraction of sp³-hybridized carbons (Fsp3) is 0.800. The van der Waals surface area contributed by atoms with Crippen LogP contribution in [0.2, 0.25) is 0 Å². The zero-order chi connectivity index (χ0) is 10.6. The Morgan fingerprint density at radius 3 is 2.50 bits per heavy atom. The number of hydrogen-bond acceptors (Lipinski definition) is 4. The summed E-state index contributed by atoms with van der Waals surface area (Å²) in [7, 11) is 0. The number of ether oxygens (including phenoxy) is 2. The first kappa shape index (κ1) is 11.2. The molecule has 2 atom stereocenters. The average Bonchev–Trinajstić information content (AvgIpc) is 2.65. The van der Waals surface area contributed by atoms with Crippen LogP contribution in [0.5, 0.6) is 0 Å². The molecule has 4 heteroatoms. The van der Waals surface area contributed by atoms with Crippen molar-refractivity contribution in [1.82, 2.24) is 0 Å². The molecule has 0 aliphatic carbocycles. The van der Waals surface area contributed by atoms with Crippen molar-refractivity contribution in [3.8, 4) is 0 Å². The number of carbonyl (C=O) groups excluding carboxylic acids is 2. The molecule has 0 bridgehead atoms. The third-order valence-electron chi connectivity index (χ3n) is 2.43. The van der Waals surface area contributed by atoms with Gasteiger partial charge in [0.2, 0.25) is 0 Å². The molecule has 0 saturated carbocycles. The van der Waals surface area contributed by atoms with Crippen molar-refractivity contribution in [1.29, 1.82) is 0 Å². The van der Waals surface area contributed by atoms with Gasteiger partial charge < -0.3 is 9.47 Å². The fourth-order valence-corrected chi connectivity index (χ4v) is 1.62. The monoisotopic (exact) mass is 200 g/mol. The Morgan fingerprint density at radius 1 is 1.29 bits per heavy atom. The maximum absolute atomic E-state index is 11.4. The van der Waals surface area contributed by atoms with Crippen molar-refractivity contribution in [3.63, 3.8) is 0 Å². The van der Waals surface area contributed by atoms with Gasteiger partial charge in [-0.05, 0) is 6.92 Å². The molecule has 0 spiro atoms. The molecule has 1 heterocycles. The molecule has 0 amide bonds. The largest absolute Gasteiger partial charge is 0.466 e. The Morgan fingerprint density at radius 2 is 1.93 bits per heavy atom. The Balaban J connectivity index is 2.59. The summed E-state index contributed by atoms with van der Waals surface area (Å²) < 4.78 is 10.0. The van der Waals surface area contributed by atoms with Gasteiger partial charge in [0, 0.05) is 6.42 Å². The molecule has 0 N–H and O–H groups in total. The molecule has 0 aromatic carbocycles. The van der Waals surface area contributed by atoms with E-state index >= 15 is 0 Å². The Kier molecular flexibility index (Phi) is 4.07. The minimum atomic E-state index is -0.387. The van der Waals surface area contributed by atoms with E-state index in [-0.39, 0.29) is 23.6 Å². The molecule has 4 nitrogen and oxygen atoms in total. The zero-order valence-electron chi connectivity index (χ0n) is 8.62. The molecule has 2 unspecified atom stereocenters. The highest BCUT2D eigenvalue weighted by molar-refractivity contribution is 5.87. The smallest absolute Gasteiger partial charge is 0.312 e. The molecule has 0 radical (unpaired) electrons. The molecule has 1 aliphatic heterocycles. The molecule has 1 aliphatic rings. The predicted octanol–water partition coefficient (Wildman–Crippen LogP) is 0.791. The fourth-order valence-electron chi connectivity index (χ4n) is 1.62. The second kappa shape index (κ2) is 5.10. The van der Waals surface area contributed by atoms with E-state index < -0.39 is 0 Å². The van der Waals surface area contributed by atoms with Crippen LogP contribution >= 0.6 is 0 Å². The van der Waals surface area contributed by atoms with Crippen molar-refractivity contribution in [3.05, 3.63) is 0 Å². The van der Waals surface area contributed by atoms with Crippen LogP contribution in [0.3, 0.4) is 0 Å². The van der Waals surface area contributed by atoms with E-state index in [1.165, 1.54) is 0 Å². The highest BCUT2D eigenvalue weighted by Crippen LogP contribution is 2.23. The Hall–Kier alpha value is -0.900. The van der Waals surface area contributed by atoms with Crippen LogP contribution < -0.4 is 0 Å². The van der Waals surface area contributed by atoms with E-state index in [9.17, 15) is 9.59 Å². The molecule has 1 fully saturated rings. The van der Waals surface area contributed by atoms with Crippen LogP contribution in [0.25, 0.3) is 0 Å². The second-order valence-corrected chi connectivity index (χ2v) is 3.32. The lowest BCUT2D eigenvalue weighted by atomic mass is 9.91. The maximum Gasteiger partial charge on any atom is 0.312 e. The topological polar surface area (TPSA) is 52.6 Å². The lowest BCUT2D eigenvalue weighted by Crippen LogP contribution is -2.29. The first-order valence-corrected chi connectivity index (χ1v) is 4.97. The SMILES string of the molecule is CCOC(=O)C1COCC1C(=O)CC. The molecule has 1 rings (SSSR count). The van der Waals surface area contributed by atoms with E-state index in [2.05, 4.69) is 0 Å². The third kappa shape index (κ3) is 2.32. The lowest BCUT2D eigenvalue weighted by molar-refractivity contribution is -0.150. The van der Waals surface area contributed by atoms with E-state index in [4.69, 9.17) is 9.47 Å². The Bertz CT molecular complexity index is 224. The van der Waals surface area contributed by atoms with Gasteiger partial charge in [-0.3, -0.25) is 9.59 Å². The van der Waals surface area contributed by atoms with Gasteiger partial charge in [-0.1, -0.05) is 6.92 Å². The summed E-state index contributed by atoms with van der Waals surface area (Å²) in [5.41, 5.74) is 0. The minimum absolute atomic E-state index is 0.0838. The van der Waals surface area contributed by atoms with Gasteiger partial charge in [0.05, 0.1) is 31.7 Å². The average molecular weight is 200 g/mol. The lowest BCUT2D eigenvalue weighted by Gasteiger charge is -2.13. The van der Waals surface area contributed by atoms with Gasteiger partial charge in [-0.15, -0.1) is 0 Å². The van der Waals surface area contributed by atoms with Crippen molar-refractivity contribution in [2.24, 2.45) is 11.8 Å². The highest BCUT2D eigenvalue weighted by atomic mass is 16.5. The van der Waals surface area contributed by atoms with Crippen molar-refractivity contribution in [2.75, 3.05) is 19.8 Å². The van der Waals surface area contributed by atoms with Gasteiger partial charge in [0.25, 0.3) is 0 Å². The first-order chi connectivity index (χ1) is 6.70. The summed E-state index contributed by atoms with van der Waals surface area (Å²) in [5, 5.41) is 0. The van der Waals surface area contributed by atoms with Gasteiger partial charge in [-0.25, -0.2) is 0 Å². The summed E-state index contributed by atoms with van der Waals surface area (Å²) in [6, 6.07) is 0. The van der Waals surface area contributed by atoms with E-state index in [1.807, 2.05) is 0 Å². The molecule has 14 heavy (non-hydrogen) atoms. The van der Waals surface area contributed by atoms with Crippen molar-refractivity contribution in [2.45, 2.75) is 20.3 Å². The third-order valence-corrected chi connectivity index (χ3v) is 2.43. The number of hydrogen-bond donors (Lipinski definition) is 0. The summed E-state index contributed by atoms with van der Waals surface area (Å²) >= 11 is 0. The van der Waals surface area contributed by atoms with Gasteiger partial charge >= 0.3 is 5.97 Å². The normalized spacial score (nSPS) is 26.1. The number of ketones is 1. The van der Waals surface area contributed by atoms with E-state index in [1.54, 1.807) is 13.8 Å². The second-order valence-electron chi connectivity index (χ2n) is 3.32.